The Morgan fingerprint density at radius 3 is 2.83 bits per heavy atom. The summed E-state index contributed by atoms with van der Waals surface area (Å²) in [7, 11) is 3.31. The monoisotopic (exact) mass is 430 g/mol. The average molecular weight is 430 g/mol. The number of methoxy groups -OCH3 is 1. The molecule has 0 saturated heterocycles. The summed E-state index contributed by atoms with van der Waals surface area (Å²) in [5.74, 6) is 2.93. The third-order valence-electron chi connectivity index (χ3n) is 2.77. The van der Waals surface area contributed by atoms with Crippen LogP contribution in [0.1, 0.15) is 12.0 Å². The number of carbonyl (C=O) groups excluding carboxylic acids is 1. The number of ether oxygens (including phenoxy) is 1. The van der Waals surface area contributed by atoms with Gasteiger partial charge in [0, 0.05) is 38.6 Å². The van der Waals surface area contributed by atoms with Gasteiger partial charge in [0.2, 0.25) is 5.91 Å². The summed E-state index contributed by atoms with van der Waals surface area (Å²) in [6.45, 7) is 1.51. The number of rotatable bonds is 7. The number of benzene rings is 1. The molecule has 7 heteroatoms. The van der Waals surface area contributed by atoms with Gasteiger partial charge >= 0.3 is 0 Å². The van der Waals surface area contributed by atoms with Gasteiger partial charge in [-0.2, -0.15) is 0 Å². The lowest BCUT2D eigenvalue weighted by Gasteiger charge is -2.12. The Labute approximate surface area is 154 Å². The largest absolute Gasteiger partial charge is 0.385 e. The first-order valence-electron chi connectivity index (χ1n) is 6.99. The zero-order valence-corrected chi connectivity index (χ0v) is 15.7. The molecular weight excluding hydrogens is 407 g/mol. The van der Waals surface area contributed by atoms with E-state index in [-0.39, 0.29) is 36.4 Å². The van der Waals surface area contributed by atoms with Gasteiger partial charge in [-0.3, -0.25) is 9.79 Å². The van der Waals surface area contributed by atoms with Gasteiger partial charge in [-0.05, 0) is 24.6 Å². The molecule has 1 aromatic rings. The summed E-state index contributed by atoms with van der Waals surface area (Å²) in [6, 6.07) is 7.14. The smallest absolute Gasteiger partial charge is 0.243 e. The fraction of sp³-hybridized carbons (Fsp3) is 0.375. The number of halogens is 1. The zero-order valence-electron chi connectivity index (χ0n) is 13.4. The number of carbonyl (C=O) groups is 1. The molecule has 0 radical (unpaired) electrons. The quantitative estimate of drug-likeness (QED) is 0.201. The molecule has 0 bridgehead atoms. The standard InChI is InChI=1S/C16H22N4O2.HI/c1-4-13-7-5-8-14(11-13)20-15(21)12-19-16(17-2)18-9-6-10-22-3;/h1,5,7-8,11H,6,9-10,12H2,2-3H3,(H,20,21)(H2,17,18,19);1H. The Bertz CT molecular complexity index is 555. The minimum Gasteiger partial charge on any atom is -0.385 e. The van der Waals surface area contributed by atoms with Crippen LogP contribution in [0.2, 0.25) is 0 Å². The summed E-state index contributed by atoms with van der Waals surface area (Å²) in [5, 5.41) is 8.81. The van der Waals surface area contributed by atoms with E-state index < -0.39 is 0 Å². The first kappa shape index (κ1) is 21.2. The summed E-state index contributed by atoms with van der Waals surface area (Å²) in [5.41, 5.74) is 1.40. The Balaban J connectivity index is 0.00000484. The van der Waals surface area contributed by atoms with E-state index in [0.717, 1.165) is 18.5 Å². The van der Waals surface area contributed by atoms with Crippen LogP contribution in [0.15, 0.2) is 29.3 Å². The highest BCUT2D eigenvalue weighted by atomic mass is 127. The summed E-state index contributed by atoms with van der Waals surface area (Å²) < 4.78 is 4.96. The van der Waals surface area contributed by atoms with Crippen molar-refractivity contribution in [3.8, 4) is 12.3 Å². The van der Waals surface area contributed by atoms with E-state index >= 15 is 0 Å². The Morgan fingerprint density at radius 2 is 2.17 bits per heavy atom. The minimum absolute atomic E-state index is 0. The van der Waals surface area contributed by atoms with Crippen molar-refractivity contribution in [1.29, 1.82) is 0 Å². The lowest BCUT2D eigenvalue weighted by molar-refractivity contribution is -0.115. The summed E-state index contributed by atoms with van der Waals surface area (Å²) in [6.07, 6.45) is 6.19. The van der Waals surface area contributed by atoms with Crippen LogP contribution in [0.25, 0.3) is 0 Å². The van der Waals surface area contributed by atoms with Crippen LogP contribution in [0.5, 0.6) is 0 Å². The second-order valence-corrected chi connectivity index (χ2v) is 4.47. The van der Waals surface area contributed by atoms with Crippen LogP contribution in [0, 0.1) is 12.3 Å². The van der Waals surface area contributed by atoms with Crippen molar-refractivity contribution in [2.24, 2.45) is 4.99 Å². The van der Waals surface area contributed by atoms with Crippen molar-refractivity contribution in [3.63, 3.8) is 0 Å². The topological polar surface area (TPSA) is 74.8 Å². The number of guanidine groups is 1. The first-order valence-corrected chi connectivity index (χ1v) is 6.99. The van der Waals surface area contributed by atoms with Gasteiger partial charge in [0.15, 0.2) is 5.96 Å². The number of aliphatic imine (C=N–C) groups is 1. The number of hydrogen-bond donors (Lipinski definition) is 3. The van der Waals surface area contributed by atoms with Gasteiger partial charge in [0.1, 0.15) is 0 Å². The molecule has 0 atom stereocenters. The van der Waals surface area contributed by atoms with Crippen LogP contribution in [0.4, 0.5) is 5.69 Å². The second-order valence-electron chi connectivity index (χ2n) is 4.47. The van der Waals surface area contributed by atoms with Gasteiger partial charge in [-0.15, -0.1) is 30.4 Å². The molecule has 0 aliphatic carbocycles. The molecular formula is C16H23IN4O2. The number of nitrogens with one attached hydrogen (secondary N) is 3. The molecule has 126 valence electrons. The molecule has 0 spiro atoms. The van der Waals surface area contributed by atoms with E-state index in [1.165, 1.54) is 0 Å². The molecule has 6 nitrogen and oxygen atoms in total. The Kier molecular flexibility index (Phi) is 11.7. The molecule has 0 unspecified atom stereocenters. The molecule has 0 saturated carbocycles. The molecule has 0 aliphatic heterocycles. The molecule has 1 rings (SSSR count). The Hall–Kier alpha value is -1.79. The number of anilines is 1. The molecule has 1 aromatic carbocycles. The highest BCUT2D eigenvalue weighted by Crippen LogP contribution is 2.09. The van der Waals surface area contributed by atoms with Gasteiger partial charge in [-0.25, -0.2) is 0 Å². The van der Waals surface area contributed by atoms with Gasteiger partial charge in [0.05, 0.1) is 6.54 Å². The van der Waals surface area contributed by atoms with Crippen molar-refractivity contribution in [2.45, 2.75) is 6.42 Å². The predicted octanol–water partition coefficient (Wildman–Crippen LogP) is 1.43. The maximum absolute atomic E-state index is 11.9. The lowest BCUT2D eigenvalue weighted by atomic mass is 10.2. The van der Waals surface area contributed by atoms with Crippen molar-refractivity contribution in [3.05, 3.63) is 29.8 Å². The average Bonchev–Trinajstić information content (AvgIpc) is 2.54. The summed E-state index contributed by atoms with van der Waals surface area (Å²) in [4.78, 5) is 15.9. The predicted molar refractivity (Wildman–Crippen MR) is 104 cm³/mol. The molecule has 3 N–H and O–H groups in total. The van der Waals surface area contributed by atoms with Crippen molar-refractivity contribution in [2.75, 3.05) is 39.2 Å². The number of nitrogens with zero attached hydrogens (tertiary/aromatic N) is 1. The lowest BCUT2D eigenvalue weighted by Crippen LogP contribution is -2.41. The van der Waals surface area contributed by atoms with Crippen LogP contribution in [-0.4, -0.2) is 45.7 Å². The molecule has 0 fully saturated rings. The van der Waals surface area contributed by atoms with Crippen LogP contribution in [0.3, 0.4) is 0 Å². The fourth-order valence-electron chi connectivity index (χ4n) is 1.70. The van der Waals surface area contributed by atoms with Crippen LogP contribution in [-0.2, 0) is 9.53 Å². The van der Waals surface area contributed by atoms with E-state index in [0.29, 0.717) is 18.3 Å². The molecule has 0 heterocycles. The number of amides is 1. The number of hydrogen-bond acceptors (Lipinski definition) is 3. The number of terminal acetylenes is 1. The first-order chi connectivity index (χ1) is 10.7. The van der Waals surface area contributed by atoms with E-state index in [9.17, 15) is 4.79 Å². The van der Waals surface area contributed by atoms with Crippen molar-refractivity contribution < 1.29 is 9.53 Å². The van der Waals surface area contributed by atoms with E-state index in [1.807, 2.05) is 0 Å². The third-order valence-corrected chi connectivity index (χ3v) is 2.77. The van der Waals surface area contributed by atoms with E-state index in [1.54, 1.807) is 38.4 Å². The summed E-state index contributed by atoms with van der Waals surface area (Å²) >= 11 is 0. The van der Waals surface area contributed by atoms with Crippen LogP contribution >= 0.6 is 24.0 Å². The highest BCUT2D eigenvalue weighted by Gasteiger charge is 2.04. The SMILES string of the molecule is C#Cc1cccc(NC(=O)CNC(=NC)NCCCOC)c1.I. The van der Waals surface area contributed by atoms with E-state index in [4.69, 9.17) is 11.2 Å². The van der Waals surface area contributed by atoms with Gasteiger partial charge in [-0.1, -0.05) is 12.0 Å². The van der Waals surface area contributed by atoms with Gasteiger partial charge < -0.3 is 20.7 Å². The Morgan fingerprint density at radius 1 is 1.39 bits per heavy atom. The maximum Gasteiger partial charge on any atom is 0.243 e. The van der Waals surface area contributed by atoms with Crippen molar-refractivity contribution in [1.82, 2.24) is 10.6 Å². The normalized spacial score (nSPS) is 10.2. The molecule has 0 aliphatic rings. The van der Waals surface area contributed by atoms with Crippen LogP contribution < -0.4 is 16.0 Å². The second kappa shape index (κ2) is 12.7. The minimum atomic E-state index is -0.172. The molecule has 0 aromatic heterocycles. The third kappa shape index (κ3) is 9.05. The maximum atomic E-state index is 11.9. The molecule has 1 amide bonds. The highest BCUT2D eigenvalue weighted by molar-refractivity contribution is 14.0. The van der Waals surface area contributed by atoms with Crippen molar-refractivity contribution >= 4 is 41.5 Å². The zero-order chi connectivity index (χ0) is 16.2. The fourth-order valence-corrected chi connectivity index (χ4v) is 1.70. The van der Waals surface area contributed by atoms with E-state index in [2.05, 4.69) is 26.9 Å². The van der Waals surface area contributed by atoms with Gasteiger partial charge in [0.25, 0.3) is 0 Å². The molecule has 23 heavy (non-hydrogen) atoms.